The molecule has 1 aromatic carbocycles. The number of hydrogen-bond acceptors (Lipinski definition) is 5. The lowest BCUT2D eigenvalue weighted by Crippen LogP contribution is -2.44. The second-order valence-corrected chi connectivity index (χ2v) is 9.17. The topological polar surface area (TPSA) is 61.8 Å². The molecule has 1 unspecified atom stereocenters. The van der Waals surface area contributed by atoms with Crippen LogP contribution in [0.2, 0.25) is 0 Å². The summed E-state index contributed by atoms with van der Waals surface area (Å²) in [4.78, 5) is 11.1. The Hall–Kier alpha value is -1.69. The van der Waals surface area contributed by atoms with Crippen molar-refractivity contribution in [2.75, 3.05) is 25.0 Å². The number of halogens is 3. The first-order chi connectivity index (χ1) is 14.3. The normalized spacial score (nSPS) is 16.9. The van der Waals surface area contributed by atoms with Gasteiger partial charge in [0.25, 0.3) is 0 Å². The van der Waals surface area contributed by atoms with E-state index >= 15 is 0 Å². The van der Waals surface area contributed by atoms with E-state index in [0.717, 1.165) is 23.7 Å². The lowest BCUT2D eigenvalue weighted by Gasteiger charge is -2.22. The highest BCUT2D eigenvalue weighted by Crippen LogP contribution is 2.31. The highest BCUT2D eigenvalue weighted by Gasteiger charge is 2.26. The Labute approximate surface area is 203 Å². The average Bonchev–Trinajstić information content (AvgIpc) is 3.34. The molecule has 2 aromatic rings. The monoisotopic (exact) mass is 565 g/mol. The SMILES string of the molecule is CN=C(NCc1nc(C(C)(C)C)cs1)NC1CCN(c2ccccc2OC(F)F)C1.I. The molecule has 1 atom stereocenters. The van der Waals surface area contributed by atoms with E-state index in [1.54, 1.807) is 30.5 Å². The molecule has 1 fully saturated rings. The number of aliphatic imine (C=N–C) groups is 1. The molecule has 1 aromatic heterocycles. The maximum atomic E-state index is 12.7. The van der Waals surface area contributed by atoms with E-state index in [2.05, 4.69) is 51.4 Å². The van der Waals surface area contributed by atoms with Gasteiger partial charge in [-0.2, -0.15) is 8.78 Å². The van der Waals surface area contributed by atoms with E-state index in [0.29, 0.717) is 24.7 Å². The molecule has 1 aliphatic rings. The van der Waals surface area contributed by atoms with Gasteiger partial charge in [-0.25, -0.2) is 4.98 Å². The van der Waals surface area contributed by atoms with Gasteiger partial charge in [0.1, 0.15) is 10.8 Å². The van der Waals surface area contributed by atoms with Crippen molar-refractivity contribution in [2.24, 2.45) is 4.99 Å². The van der Waals surface area contributed by atoms with Crippen LogP contribution in [0.25, 0.3) is 0 Å². The van der Waals surface area contributed by atoms with Gasteiger partial charge in [0.2, 0.25) is 0 Å². The molecule has 0 spiro atoms. The number of rotatable bonds is 6. The van der Waals surface area contributed by atoms with Gasteiger partial charge in [-0.15, -0.1) is 35.3 Å². The van der Waals surface area contributed by atoms with Crippen LogP contribution >= 0.6 is 35.3 Å². The van der Waals surface area contributed by atoms with Crippen LogP contribution in [0.1, 0.15) is 37.9 Å². The van der Waals surface area contributed by atoms with Crippen LogP contribution in [0.5, 0.6) is 5.75 Å². The Balaban J connectivity index is 0.00000341. The van der Waals surface area contributed by atoms with Crippen LogP contribution in [0.3, 0.4) is 0 Å². The van der Waals surface area contributed by atoms with E-state index < -0.39 is 6.61 Å². The molecule has 0 aliphatic carbocycles. The zero-order valence-corrected chi connectivity index (χ0v) is 21.3. The third-order valence-corrected chi connectivity index (χ3v) is 5.75. The van der Waals surface area contributed by atoms with Gasteiger partial charge in [0.05, 0.1) is 17.9 Å². The highest BCUT2D eigenvalue weighted by atomic mass is 127. The summed E-state index contributed by atoms with van der Waals surface area (Å²) in [5.74, 6) is 0.903. The van der Waals surface area contributed by atoms with E-state index in [9.17, 15) is 8.78 Å². The Kier molecular flexibility index (Phi) is 9.28. The number of guanidine groups is 1. The molecular formula is C21H30F2IN5OS. The van der Waals surface area contributed by atoms with Gasteiger partial charge >= 0.3 is 6.61 Å². The fourth-order valence-corrected chi connectivity index (χ4v) is 4.26. The van der Waals surface area contributed by atoms with Gasteiger partial charge in [0.15, 0.2) is 5.96 Å². The van der Waals surface area contributed by atoms with E-state index in [1.165, 1.54) is 0 Å². The maximum Gasteiger partial charge on any atom is 0.387 e. The average molecular weight is 565 g/mol. The molecule has 0 bridgehead atoms. The fourth-order valence-electron chi connectivity index (χ4n) is 3.29. The Morgan fingerprint density at radius 1 is 1.35 bits per heavy atom. The minimum Gasteiger partial charge on any atom is -0.433 e. The molecule has 2 heterocycles. The van der Waals surface area contributed by atoms with Crippen LogP contribution in [0.15, 0.2) is 34.6 Å². The summed E-state index contributed by atoms with van der Waals surface area (Å²) in [7, 11) is 1.73. The molecule has 172 valence electrons. The summed E-state index contributed by atoms with van der Waals surface area (Å²) >= 11 is 1.64. The van der Waals surface area contributed by atoms with Gasteiger partial charge < -0.3 is 20.3 Å². The number of anilines is 1. The standard InChI is InChI=1S/C21H29F2N5OS.HI/c1-21(2,3)17-13-30-18(27-17)11-25-20(24-4)26-14-9-10-28(12-14)15-7-5-6-8-16(15)29-19(22)23;/h5-8,13-14,19H,9-12H2,1-4H3,(H2,24,25,26);1H. The predicted molar refractivity (Wildman–Crippen MR) is 133 cm³/mol. The van der Waals surface area contributed by atoms with Crippen LogP contribution in [0.4, 0.5) is 14.5 Å². The van der Waals surface area contributed by atoms with E-state index in [1.807, 2.05) is 12.1 Å². The van der Waals surface area contributed by atoms with Crippen molar-refractivity contribution in [2.45, 2.75) is 51.8 Å². The number of nitrogens with zero attached hydrogens (tertiary/aromatic N) is 3. The second-order valence-electron chi connectivity index (χ2n) is 8.22. The Morgan fingerprint density at radius 3 is 2.74 bits per heavy atom. The molecule has 1 saturated heterocycles. The third-order valence-electron chi connectivity index (χ3n) is 4.90. The highest BCUT2D eigenvalue weighted by molar-refractivity contribution is 14.0. The van der Waals surface area contributed by atoms with Crippen molar-refractivity contribution in [1.29, 1.82) is 0 Å². The van der Waals surface area contributed by atoms with Crippen molar-refractivity contribution in [3.05, 3.63) is 40.3 Å². The van der Waals surface area contributed by atoms with Crippen molar-refractivity contribution >= 4 is 47.0 Å². The van der Waals surface area contributed by atoms with Gasteiger partial charge in [-0.05, 0) is 18.6 Å². The van der Waals surface area contributed by atoms with Crippen molar-refractivity contribution in [1.82, 2.24) is 15.6 Å². The number of alkyl halides is 2. The van der Waals surface area contributed by atoms with E-state index in [-0.39, 0.29) is 41.2 Å². The summed E-state index contributed by atoms with van der Waals surface area (Å²) in [6.45, 7) is 5.63. The summed E-state index contributed by atoms with van der Waals surface area (Å²) in [5.41, 5.74) is 1.80. The Bertz CT molecular complexity index is 871. The molecule has 31 heavy (non-hydrogen) atoms. The number of thiazole rings is 1. The lowest BCUT2D eigenvalue weighted by molar-refractivity contribution is -0.0495. The number of para-hydroxylation sites is 2. The molecule has 2 N–H and O–H groups in total. The quantitative estimate of drug-likeness (QED) is 0.305. The zero-order valence-electron chi connectivity index (χ0n) is 18.2. The smallest absolute Gasteiger partial charge is 0.387 e. The minimum atomic E-state index is -2.84. The number of ether oxygens (including phenoxy) is 1. The third kappa shape index (κ3) is 7.16. The number of benzene rings is 1. The minimum absolute atomic E-state index is 0. The Morgan fingerprint density at radius 2 is 2.10 bits per heavy atom. The van der Waals surface area contributed by atoms with Crippen LogP contribution in [-0.4, -0.2) is 43.7 Å². The van der Waals surface area contributed by atoms with Crippen LogP contribution in [0, 0.1) is 0 Å². The summed E-state index contributed by atoms with van der Waals surface area (Å²) < 4.78 is 30.1. The molecular weight excluding hydrogens is 535 g/mol. The van der Waals surface area contributed by atoms with Gasteiger partial charge in [0, 0.05) is 37.0 Å². The number of hydrogen-bond donors (Lipinski definition) is 2. The van der Waals surface area contributed by atoms with Gasteiger partial charge in [-0.1, -0.05) is 32.9 Å². The largest absolute Gasteiger partial charge is 0.433 e. The molecule has 0 saturated carbocycles. The molecule has 0 amide bonds. The molecule has 10 heteroatoms. The van der Waals surface area contributed by atoms with Crippen molar-refractivity contribution in [3.63, 3.8) is 0 Å². The van der Waals surface area contributed by atoms with E-state index in [4.69, 9.17) is 4.98 Å². The number of nitrogens with one attached hydrogen (secondary N) is 2. The van der Waals surface area contributed by atoms with Crippen molar-refractivity contribution < 1.29 is 13.5 Å². The molecule has 1 aliphatic heterocycles. The second kappa shape index (κ2) is 11.3. The van der Waals surface area contributed by atoms with Crippen LogP contribution in [-0.2, 0) is 12.0 Å². The van der Waals surface area contributed by atoms with Crippen LogP contribution < -0.4 is 20.3 Å². The maximum absolute atomic E-state index is 12.7. The first kappa shape index (κ1) is 25.6. The zero-order chi connectivity index (χ0) is 21.7. The van der Waals surface area contributed by atoms with Gasteiger partial charge in [-0.3, -0.25) is 4.99 Å². The van der Waals surface area contributed by atoms with Crippen molar-refractivity contribution in [3.8, 4) is 5.75 Å². The molecule has 3 rings (SSSR count). The number of aromatic nitrogens is 1. The summed E-state index contributed by atoms with van der Waals surface area (Å²) in [5, 5.41) is 9.84. The summed E-state index contributed by atoms with van der Waals surface area (Å²) in [6.07, 6.45) is 0.870. The lowest BCUT2D eigenvalue weighted by atomic mass is 9.93. The first-order valence-corrected chi connectivity index (χ1v) is 10.8. The predicted octanol–water partition coefficient (Wildman–Crippen LogP) is 4.60. The molecule has 6 nitrogen and oxygen atoms in total. The first-order valence-electron chi connectivity index (χ1n) is 9.97. The molecule has 0 radical (unpaired) electrons. The summed E-state index contributed by atoms with van der Waals surface area (Å²) in [6, 6.07) is 7.06. The fraction of sp³-hybridized carbons (Fsp3) is 0.524.